The first-order valence-corrected chi connectivity index (χ1v) is 4.24. The van der Waals surface area contributed by atoms with E-state index in [1.165, 1.54) is 0 Å². The summed E-state index contributed by atoms with van der Waals surface area (Å²) in [6.45, 7) is 4.66. The zero-order valence-electron chi connectivity index (χ0n) is 7.08. The largest absolute Gasteiger partial charge is 0.381 e. The molecule has 1 saturated heterocycles. The number of rotatable bonds is 3. The zero-order chi connectivity index (χ0) is 8.10. The van der Waals surface area contributed by atoms with Gasteiger partial charge in [-0.2, -0.15) is 0 Å². The molecule has 0 saturated carbocycles. The van der Waals surface area contributed by atoms with Gasteiger partial charge in [0.05, 0.1) is 6.61 Å². The maximum atomic E-state index is 5.26. The predicted octanol–water partition coefficient (Wildman–Crippen LogP) is 0.939. The van der Waals surface area contributed by atoms with Crippen LogP contribution >= 0.6 is 0 Å². The first-order valence-electron chi connectivity index (χ1n) is 4.24. The minimum atomic E-state index is 0.573. The molecule has 0 amide bonds. The molecular weight excluding hydrogens is 142 g/mol. The zero-order valence-corrected chi connectivity index (χ0v) is 7.08. The molecule has 0 spiro atoms. The van der Waals surface area contributed by atoms with Gasteiger partial charge in [0.25, 0.3) is 0 Å². The molecular formula is C8H17NO2. The molecule has 0 radical (unpaired) electrons. The Bertz CT molecular complexity index is 102. The Balaban J connectivity index is 2.21. The summed E-state index contributed by atoms with van der Waals surface area (Å²) in [5.41, 5.74) is 0. The maximum Gasteiger partial charge on any atom is 0.0707 e. The third-order valence-corrected chi connectivity index (χ3v) is 2.43. The van der Waals surface area contributed by atoms with Crippen molar-refractivity contribution in [3.8, 4) is 0 Å². The quantitative estimate of drug-likeness (QED) is 0.623. The molecule has 1 unspecified atom stereocenters. The van der Waals surface area contributed by atoms with E-state index >= 15 is 0 Å². The van der Waals surface area contributed by atoms with Crippen LogP contribution in [0.2, 0.25) is 0 Å². The van der Waals surface area contributed by atoms with Crippen LogP contribution in [-0.4, -0.2) is 19.8 Å². The highest BCUT2D eigenvalue weighted by Gasteiger charge is 2.19. The molecule has 3 heteroatoms. The average molecular weight is 159 g/mol. The molecule has 1 fully saturated rings. The lowest BCUT2D eigenvalue weighted by molar-refractivity contribution is 0.0203. The molecule has 0 aromatic heterocycles. The van der Waals surface area contributed by atoms with E-state index in [-0.39, 0.29) is 0 Å². The van der Waals surface area contributed by atoms with Crippen LogP contribution in [0.15, 0.2) is 0 Å². The van der Waals surface area contributed by atoms with Crippen LogP contribution in [0.3, 0.4) is 0 Å². The van der Waals surface area contributed by atoms with Gasteiger partial charge in [0.15, 0.2) is 0 Å². The lowest BCUT2D eigenvalue weighted by atomic mass is 9.88. The monoisotopic (exact) mass is 159 g/mol. The molecule has 1 rings (SSSR count). The Morgan fingerprint density at radius 1 is 1.55 bits per heavy atom. The molecule has 2 N–H and O–H groups in total. The molecule has 0 bridgehead atoms. The molecule has 1 aliphatic rings. The van der Waals surface area contributed by atoms with Crippen LogP contribution in [0, 0.1) is 11.8 Å². The van der Waals surface area contributed by atoms with Crippen molar-refractivity contribution in [3.63, 3.8) is 0 Å². The highest BCUT2D eigenvalue weighted by Crippen LogP contribution is 2.23. The minimum Gasteiger partial charge on any atom is -0.381 e. The summed E-state index contributed by atoms with van der Waals surface area (Å²) in [5.74, 6) is 6.32. The van der Waals surface area contributed by atoms with Gasteiger partial charge in [-0.15, -0.1) is 0 Å². The third-order valence-electron chi connectivity index (χ3n) is 2.43. The van der Waals surface area contributed by atoms with E-state index in [0.717, 1.165) is 32.0 Å². The maximum absolute atomic E-state index is 5.26. The summed E-state index contributed by atoms with van der Waals surface area (Å²) < 4.78 is 5.26. The molecule has 1 aliphatic heterocycles. The van der Waals surface area contributed by atoms with E-state index in [2.05, 4.69) is 11.8 Å². The second-order valence-corrected chi connectivity index (χ2v) is 3.26. The molecule has 0 aromatic carbocycles. The molecule has 1 heterocycles. The van der Waals surface area contributed by atoms with Gasteiger partial charge in [0.1, 0.15) is 0 Å². The Hall–Kier alpha value is -0.120. The lowest BCUT2D eigenvalue weighted by Gasteiger charge is -2.26. The van der Waals surface area contributed by atoms with Gasteiger partial charge >= 0.3 is 0 Å². The van der Waals surface area contributed by atoms with E-state index in [4.69, 9.17) is 10.6 Å². The number of hydrogen-bond donors (Lipinski definition) is 1. The summed E-state index contributed by atoms with van der Waals surface area (Å²) in [6.07, 6.45) is 2.31. The first kappa shape index (κ1) is 8.97. The van der Waals surface area contributed by atoms with Gasteiger partial charge in [-0.3, -0.25) is 0 Å². The molecule has 3 nitrogen and oxygen atoms in total. The van der Waals surface area contributed by atoms with Crippen LogP contribution in [0.4, 0.5) is 0 Å². The molecule has 66 valence electrons. The van der Waals surface area contributed by atoms with Crippen molar-refractivity contribution in [2.75, 3.05) is 19.8 Å². The molecule has 11 heavy (non-hydrogen) atoms. The van der Waals surface area contributed by atoms with E-state index in [9.17, 15) is 0 Å². The number of ether oxygens (including phenoxy) is 1. The van der Waals surface area contributed by atoms with Gasteiger partial charge in [-0.05, 0) is 24.7 Å². The normalized spacial score (nSPS) is 23.5. The average Bonchev–Trinajstić information content (AvgIpc) is 2.07. The summed E-state index contributed by atoms with van der Waals surface area (Å²) in [4.78, 5) is 4.62. The van der Waals surface area contributed by atoms with Crippen LogP contribution in [0.1, 0.15) is 19.8 Å². The van der Waals surface area contributed by atoms with Gasteiger partial charge in [0, 0.05) is 13.2 Å². The van der Waals surface area contributed by atoms with Crippen LogP contribution in [-0.2, 0) is 9.57 Å². The van der Waals surface area contributed by atoms with Gasteiger partial charge in [0.2, 0.25) is 0 Å². The molecule has 1 atom stereocenters. The van der Waals surface area contributed by atoms with Crippen LogP contribution < -0.4 is 5.90 Å². The summed E-state index contributed by atoms with van der Waals surface area (Å²) in [5, 5.41) is 0. The highest BCUT2D eigenvalue weighted by molar-refractivity contribution is 4.68. The van der Waals surface area contributed by atoms with Gasteiger partial charge in [-0.25, -0.2) is 5.90 Å². The number of hydrogen-bond acceptors (Lipinski definition) is 3. The highest BCUT2D eigenvalue weighted by atomic mass is 16.6. The van der Waals surface area contributed by atoms with Crippen molar-refractivity contribution in [1.29, 1.82) is 0 Å². The first-order chi connectivity index (χ1) is 5.34. The van der Waals surface area contributed by atoms with Crippen molar-refractivity contribution >= 4 is 0 Å². The van der Waals surface area contributed by atoms with E-state index in [1.54, 1.807) is 0 Å². The topological polar surface area (TPSA) is 44.5 Å². The molecule has 0 aliphatic carbocycles. The SMILES string of the molecule is CC(CON)C1CCOCC1. The van der Waals surface area contributed by atoms with Crippen LogP contribution in [0.5, 0.6) is 0 Å². The van der Waals surface area contributed by atoms with E-state index in [0.29, 0.717) is 12.5 Å². The fourth-order valence-corrected chi connectivity index (χ4v) is 1.57. The fourth-order valence-electron chi connectivity index (χ4n) is 1.57. The standard InChI is InChI=1S/C8H17NO2/c1-7(6-11-9)8-2-4-10-5-3-8/h7-8H,2-6,9H2,1H3. The lowest BCUT2D eigenvalue weighted by Crippen LogP contribution is -2.25. The summed E-state index contributed by atoms with van der Waals surface area (Å²) in [6, 6.07) is 0. The van der Waals surface area contributed by atoms with Crippen molar-refractivity contribution < 1.29 is 9.57 Å². The second-order valence-electron chi connectivity index (χ2n) is 3.26. The van der Waals surface area contributed by atoms with Gasteiger partial charge in [-0.1, -0.05) is 6.92 Å². The summed E-state index contributed by atoms with van der Waals surface area (Å²) in [7, 11) is 0. The summed E-state index contributed by atoms with van der Waals surface area (Å²) >= 11 is 0. The van der Waals surface area contributed by atoms with E-state index in [1.807, 2.05) is 0 Å². The van der Waals surface area contributed by atoms with Crippen molar-refractivity contribution in [2.45, 2.75) is 19.8 Å². The Kier molecular flexibility index (Phi) is 3.83. The van der Waals surface area contributed by atoms with Gasteiger partial charge < -0.3 is 9.57 Å². The molecule has 0 aromatic rings. The third kappa shape index (κ3) is 2.77. The predicted molar refractivity (Wildman–Crippen MR) is 42.8 cm³/mol. The van der Waals surface area contributed by atoms with E-state index < -0.39 is 0 Å². The Morgan fingerprint density at radius 2 is 2.18 bits per heavy atom. The number of nitrogens with two attached hydrogens (primary N) is 1. The smallest absolute Gasteiger partial charge is 0.0707 e. The van der Waals surface area contributed by atoms with Crippen molar-refractivity contribution in [1.82, 2.24) is 0 Å². The van der Waals surface area contributed by atoms with Crippen LogP contribution in [0.25, 0.3) is 0 Å². The second kappa shape index (κ2) is 4.70. The minimum absolute atomic E-state index is 0.573. The fraction of sp³-hybridized carbons (Fsp3) is 1.00. The Morgan fingerprint density at radius 3 is 2.73 bits per heavy atom. The Labute approximate surface area is 67.8 Å². The van der Waals surface area contributed by atoms with Crippen molar-refractivity contribution in [3.05, 3.63) is 0 Å². The van der Waals surface area contributed by atoms with Crippen molar-refractivity contribution in [2.24, 2.45) is 17.7 Å².